The summed E-state index contributed by atoms with van der Waals surface area (Å²) in [5.41, 5.74) is 1.61. The number of para-hydroxylation sites is 2. The molecule has 0 radical (unpaired) electrons. The van der Waals surface area contributed by atoms with E-state index in [1.165, 1.54) is 0 Å². The van der Waals surface area contributed by atoms with E-state index >= 15 is 0 Å². The average molecular weight is 209 g/mol. The Labute approximate surface area is 84.4 Å². The second kappa shape index (κ2) is 3.59. The van der Waals surface area contributed by atoms with Crippen LogP contribution in [0.2, 0.25) is 0 Å². The molecule has 0 bridgehead atoms. The molecular weight excluding hydrogens is 202 g/mol. The number of amidine groups is 1. The molecule has 0 aromatic heterocycles. The molecule has 0 fully saturated rings. The van der Waals surface area contributed by atoms with Gasteiger partial charge in [-0.25, -0.2) is 9.79 Å². The van der Waals surface area contributed by atoms with E-state index in [0.717, 1.165) is 23.3 Å². The average Bonchev–Trinajstić information content (AvgIpc) is 2.17. The lowest BCUT2D eigenvalue weighted by molar-refractivity contribution is 0.200. The molecular formula is C8H7N3O2S. The summed E-state index contributed by atoms with van der Waals surface area (Å²) in [6, 6.07) is 7.42. The summed E-state index contributed by atoms with van der Waals surface area (Å²) >= 11 is 1.14. The number of hydrogen-bond acceptors (Lipinski definition) is 4. The van der Waals surface area contributed by atoms with Crippen molar-refractivity contribution in [3.8, 4) is 0 Å². The van der Waals surface area contributed by atoms with Crippen molar-refractivity contribution in [1.82, 2.24) is 5.32 Å². The number of rotatable bonds is 0. The molecule has 14 heavy (non-hydrogen) atoms. The lowest BCUT2D eigenvalue weighted by atomic mass is 10.3. The Morgan fingerprint density at radius 1 is 1.50 bits per heavy atom. The van der Waals surface area contributed by atoms with Gasteiger partial charge in [-0.2, -0.15) is 0 Å². The molecule has 0 spiro atoms. The Kier molecular flexibility index (Phi) is 2.28. The van der Waals surface area contributed by atoms with Crippen molar-refractivity contribution in [2.24, 2.45) is 4.99 Å². The molecule has 0 atom stereocenters. The number of benzene rings is 1. The van der Waals surface area contributed by atoms with E-state index in [0.29, 0.717) is 5.17 Å². The maximum atomic E-state index is 10.3. The van der Waals surface area contributed by atoms with Crippen LogP contribution in [0, 0.1) is 0 Å². The van der Waals surface area contributed by atoms with Gasteiger partial charge >= 0.3 is 6.09 Å². The second-order valence-corrected chi connectivity index (χ2v) is 3.36. The molecule has 0 aliphatic carbocycles. The third kappa shape index (κ3) is 1.80. The highest BCUT2D eigenvalue weighted by molar-refractivity contribution is 8.15. The van der Waals surface area contributed by atoms with Crippen LogP contribution in [0.15, 0.2) is 29.3 Å². The summed E-state index contributed by atoms with van der Waals surface area (Å²) < 4.78 is 2.98. The molecule has 2 rings (SSSR count). The summed E-state index contributed by atoms with van der Waals surface area (Å²) in [5.74, 6) is 0. The Morgan fingerprint density at radius 3 is 3.07 bits per heavy atom. The van der Waals surface area contributed by atoms with Gasteiger partial charge in [0, 0.05) is 11.9 Å². The van der Waals surface area contributed by atoms with Gasteiger partial charge < -0.3 is 9.83 Å². The second-order valence-electron chi connectivity index (χ2n) is 2.57. The third-order valence-corrected chi connectivity index (χ3v) is 2.31. The van der Waals surface area contributed by atoms with Gasteiger partial charge in [-0.1, -0.05) is 12.1 Å². The maximum Gasteiger partial charge on any atom is 0.410 e. The highest BCUT2D eigenvalue weighted by atomic mass is 32.2. The van der Waals surface area contributed by atoms with E-state index in [1.54, 1.807) is 0 Å². The van der Waals surface area contributed by atoms with Crippen molar-refractivity contribution in [3.05, 3.63) is 24.3 Å². The van der Waals surface area contributed by atoms with E-state index in [4.69, 9.17) is 5.11 Å². The van der Waals surface area contributed by atoms with Crippen molar-refractivity contribution >= 4 is 34.6 Å². The molecule has 0 saturated heterocycles. The maximum absolute atomic E-state index is 10.3. The summed E-state index contributed by atoms with van der Waals surface area (Å²) in [5, 5.41) is 11.0. The zero-order valence-corrected chi connectivity index (χ0v) is 7.84. The zero-order chi connectivity index (χ0) is 9.97. The van der Waals surface area contributed by atoms with Crippen molar-refractivity contribution in [2.45, 2.75) is 0 Å². The normalized spacial score (nSPS) is 13.6. The minimum atomic E-state index is -1.11. The molecule has 1 aromatic rings. The fraction of sp³-hybridized carbons (Fsp3) is 0. The van der Waals surface area contributed by atoms with E-state index in [-0.39, 0.29) is 0 Å². The number of fused-ring (bicyclic) bond motifs is 1. The SMILES string of the molecule is O=C(O)NC1=Nc2ccccc2NS1. The lowest BCUT2D eigenvalue weighted by Crippen LogP contribution is -2.28. The Balaban J connectivity index is 2.26. The predicted molar refractivity (Wildman–Crippen MR) is 55.9 cm³/mol. The Morgan fingerprint density at radius 2 is 2.29 bits per heavy atom. The first-order chi connectivity index (χ1) is 6.75. The van der Waals surface area contributed by atoms with Gasteiger partial charge in [0.25, 0.3) is 0 Å². The smallest absolute Gasteiger partial charge is 0.410 e. The number of aliphatic imine (C=N–C) groups is 1. The van der Waals surface area contributed by atoms with Crippen molar-refractivity contribution < 1.29 is 9.90 Å². The van der Waals surface area contributed by atoms with Crippen LogP contribution in [-0.4, -0.2) is 16.4 Å². The van der Waals surface area contributed by atoms with E-state index in [1.807, 2.05) is 24.3 Å². The van der Waals surface area contributed by atoms with Crippen LogP contribution in [0.4, 0.5) is 16.2 Å². The van der Waals surface area contributed by atoms with Crippen molar-refractivity contribution in [2.75, 3.05) is 4.72 Å². The molecule has 3 N–H and O–H groups in total. The summed E-state index contributed by atoms with van der Waals surface area (Å²) in [6.07, 6.45) is -1.11. The van der Waals surface area contributed by atoms with Crippen LogP contribution < -0.4 is 10.0 Å². The number of amides is 1. The van der Waals surface area contributed by atoms with Gasteiger partial charge in [-0.3, -0.25) is 5.32 Å². The monoisotopic (exact) mass is 209 g/mol. The van der Waals surface area contributed by atoms with Gasteiger partial charge in [0.2, 0.25) is 0 Å². The standard InChI is InChI=1S/C8H7N3O2S/c12-8(13)10-7-9-5-3-1-2-4-6(5)11-14-7/h1-4,11H,(H,9,10)(H,12,13). The molecule has 1 amide bonds. The predicted octanol–water partition coefficient (Wildman–Crippen LogP) is 2.02. The minimum Gasteiger partial charge on any atom is -0.465 e. The van der Waals surface area contributed by atoms with Gasteiger partial charge in [0.1, 0.15) is 0 Å². The van der Waals surface area contributed by atoms with E-state index in [9.17, 15) is 4.79 Å². The topological polar surface area (TPSA) is 73.7 Å². The molecule has 0 unspecified atom stereocenters. The fourth-order valence-electron chi connectivity index (χ4n) is 1.04. The zero-order valence-electron chi connectivity index (χ0n) is 7.02. The van der Waals surface area contributed by atoms with Crippen molar-refractivity contribution in [1.29, 1.82) is 0 Å². The van der Waals surface area contributed by atoms with Crippen LogP contribution in [0.3, 0.4) is 0 Å². The molecule has 1 aliphatic heterocycles. The van der Waals surface area contributed by atoms with Crippen LogP contribution >= 0.6 is 11.9 Å². The number of carbonyl (C=O) groups is 1. The quantitative estimate of drug-likeness (QED) is 0.571. The molecule has 1 heterocycles. The number of hydrogen-bond donors (Lipinski definition) is 3. The molecule has 6 heteroatoms. The van der Waals surface area contributed by atoms with Gasteiger partial charge in [-0.05, 0) is 12.1 Å². The van der Waals surface area contributed by atoms with Crippen LogP contribution in [0.25, 0.3) is 0 Å². The largest absolute Gasteiger partial charge is 0.465 e. The first-order valence-electron chi connectivity index (χ1n) is 3.86. The van der Waals surface area contributed by atoms with Gasteiger partial charge in [0.05, 0.1) is 11.4 Å². The van der Waals surface area contributed by atoms with Gasteiger partial charge in [0.15, 0.2) is 5.17 Å². The van der Waals surface area contributed by atoms with Crippen LogP contribution in [-0.2, 0) is 0 Å². The Hall–Kier alpha value is -1.69. The highest BCUT2D eigenvalue weighted by Crippen LogP contribution is 2.31. The fourth-order valence-corrected chi connectivity index (χ4v) is 1.70. The lowest BCUT2D eigenvalue weighted by Gasteiger charge is -2.15. The molecule has 0 saturated carbocycles. The Bertz CT molecular complexity index is 405. The first kappa shape index (κ1) is 8.89. The number of anilines is 1. The van der Waals surface area contributed by atoms with E-state index in [2.05, 4.69) is 15.0 Å². The summed E-state index contributed by atoms with van der Waals surface area (Å²) in [4.78, 5) is 14.5. The molecule has 72 valence electrons. The van der Waals surface area contributed by atoms with E-state index < -0.39 is 6.09 Å². The van der Waals surface area contributed by atoms with Crippen LogP contribution in [0.5, 0.6) is 0 Å². The third-order valence-electron chi connectivity index (χ3n) is 1.60. The summed E-state index contributed by atoms with van der Waals surface area (Å²) in [6.45, 7) is 0. The number of nitrogens with one attached hydrogen (secondary N) is 2. The molecule has 5 nitrogen and oxygen atoms in total. The van der Waals surface area contributed by atoms with Gasteiger partial charge in [-0.15, -0.1) is 0 Å². The summed E-state index contributed by atoms with van der Waals surface area (Å²) in [7, 11) is 0. The molecule has 1 aliphatic rings. The van der Waals surface area contributed by atoms with Crippen molar-refractivity contribution in [3.63, 3.8) is 0 Å². The van der Waals surface area contributed by atoms with Crippen LogP contribution in [0.1, 0.15) is 0 Å². The minimum absolute atomic E-state index is 0.330. The number of carboxylic acid groups (broad SMARTS) is 1. The highest BCUT2D eigenvalue weighted by Gasteiger charge is 2.12. The molecule has 1 aromatic carbocycles. The first-order valence-corrected chi connectivity index (χ1v) is 4.68. The number of nitrogens with zero attached hydrogens (tertiary/aromatic N) is 1.